The van der Waals surface area contributed by atoms with E-state index in [0.29, 0.717) is 32.1 Å². The zero-order chi connectivity index (χ0) is 28.8. The first kappa shape index (κ1) is 34.0. The highest BCUT2D eigenvalue weighted by molar-refractivity contribution is 7.91. The van der Waals surface area contributed by atoms with Gasteiger partial charge in [-0.2, -0.15) is 4.31 Å². The van der Waals surface area contributed by atoms with Gasteiger partial charge < -0.3 is 15.5 Å². The molecule has 1 amide bonds. The van der Waals surface area contributed by atoms with E-state index in [4.69, 9.17) is 56.2 Å². The molecule has 2 aliphatic heterocycles. The first-order valence-electron chi connectivity index (χ1n) is 13.5. The maximum atomic E-state index is 13.6. The molecule has 0 unspecified atom stereocenters. The summed E-state index contributed by atoms with van der Waals surface area (Å²) >= 11 is 19.2. The van der Waals surface area contributed by atoms with Gasteiger partial charge in [-0.25, -0.2) is 8.42 Å². The molecule has 12 heteroatoms. The Hall–Kier alpha value is -0.240. The van der Waals surface area contributed by atoms with Crippen molar-refractivity contribution in [2.45, 2.75) is 90.5 Å². The minimum Gasteiger partial charge on any atom is -0.368 e. The summed E-state index contributed by atoms with van der Waals surface area (Å²) in [6.07, 6.45) is 4.67. The molecule has 7 nitrogen and oxygen atoms in total. The number of piperazine rings is 1. The van der Waals surface area contributed by atoms with Crippen molar-refractivity contribution in [3.63, 3.8) is 0 Å². The van der Waals surface area contributed by atoms with E-state index in [1.54, 1.807) is 0 Å². The smallest absolute Gasteiger partial charge is 0.240 e. The van der Waals surface area contributed by atoms with Crippen LogP contribution in [0.5, 0.6) is 0 Å². The van der Waals surface area contributed by atoms with Gasteiger partial charge in [-0.15, -0.1) is 50.5 Å². The quantitative estimate of drug-likeness (QED) is 0.205. The van der Waals surface area contributed by atoms with Gasteiger partial charge in [0.05, 0.1) is 5.69 Å². The minimum atomic E-state index is -3.90. The highest BCUT2D eigenvalue weighted by Crippen LogP contribution is 2.44. The van der Waals surface area contributed by atoms with E-state index < -0.39 is 20.7 Å². The number of unbranched alkanes of at least 4 members (excludes halogenated alkanes) is 1. The molecule has 218 valence electrons. The van der Waals surface area contributed by atoms with Crippen molar-refractivity contribution in [1.82, 2.24) is 9.21 Å². The van der Waals surface area contributed by atoms with Crippen molar-refractivity contribution >= 4 is 72.1 Å². The van der Waals surface area contributed by atoms with Gasteiger partial charge in [-0.05, 0) is 57.3 Å². The molecule has 1 aromatic rings. The molecule has 3 rings (SSSR count). The molecule has 1 aromatic carbocycles. The highest BCUT2D eigenvalue weighted by Gasteiger charge is 2.53. The van der Waals surface area contributed by atoms with Gasteiger partial charge in [-0.1, -0.05) is 40.5 Å². The van der Waals surface area contributed by atoms with E-state index in [0.717, 1.165) is 50.1 Å². The van der Waals surface area contributed by atoms with Crippen LogP contribution in [0.4, 0.5) is 5.69 Å². The van der Waals surface area contributed by atoms with Crippen LogP contribution in [0.3, 0.4) is 0 Å². The topological polar surface area (TPSA) is 87.0 Å². The number of carbonyl (C=O) groups is 1. The van der Waals surface area contributed by atoms with Crippen LogP contribution in [0, 0.1) is 5.92 Å². The zero-order valence-corrected chi connectivity index (χ0v) is 27.8. The second-order valence-corrected chi connectivity index (χ2v) is 14.5. The number of piperidine rings is 1. The molecule has 0 aliphatic carbocycles. The van der Waals surface area contributed by atoms with Crippen LogP contribution in [-0.2, 0) is 21.2 Å². The number of hydrogen-bond acceptors (Lipinski definition) is 9. The SMILES string of the molecule is CC.CC(C)CCCCc1c(S)c(S)c(N2CCN(S(=O)(=O)C3(C(N)=O)CCN(C)CC3)CC2)c(S)c1S. The Kier molecular flexibility index (Phi) is 13.0. The Balaban J connectivity index is 0.00000247. The lowest BCUT2D eigenvalue weighted by Crippen LogP contribution is -2.62. The fraction of sp³-hybridized carbons (Fsp3) is 0.731. The first-order valence-corrected chi connectivity index (χ1v) is 16.8. The fourth-order valence-electron chi connectivity index (χ4n) is 5.14. The molecule has 0 aromatic heterocycles. The van der Waals surface area contributed by atoms with Crippen LogP contribution in [0.15, 0.2) is 19.6 Å². The van der Waals surface area contributed by atoms with Gasteiger partial charge in [-0.3, -0.25) is 4.79 Å². The predicted octanol–water partition coefficient (Wildman–Crippen LogP) is 4.64. The number of likely N-dealkylation sites (tertiary alicyclic amines) is 1. The predicted molar refractivity (Wildman–Crippen MR) is 171 cm³/mol. The Morgan fingerprint density at radius 1 is 0.895 bits per heavy atom. The maximum absolute atomic E-state index is 13.6. The van der Waals surface area contributed by atoms with E-state index in [2.05, 4.69) is 18.7 Å². The van der Waals surface area contributed by atoms with Gasteiger partial charge in [0.1, 0.15) is 0 Å². The Morgan fingerprint density at radius 2 is 1.39 bits per heavy atom. The number of rotatable bonds is 9. The second kappa shape index (κ2) is 14.6. The number of thiol groups is 4. The largest absolute Gasteiger partial charge is 0.368 e. The number of benzene rings is 1. The van der Waals surface area contributed by atoms with Crippen LogP contribution < -0.4 is 10.6 Å². The standard InChI is InChI=1S/C24H40N4O3S5.C2H6/c1-16(2)6-4-5-7-17-19(32)21(34)18(22(35)20(17)33)27-12-14-28(15-13-27)36(30,31)24(23(25)29)8-10-26(3)11-9-24;1-2/h16,32-35H,4-15H2,1-3H3,(H2,25,29);1-2H3. The molecule has 2 aliphatic rings. The number of nitrogens with zero attached hydrogens (tertiary/aromatic N) is 3. The molecule has 2 heterocycles. The summed E-state index contributed by atoms with van der Waals surface area (Å²) in [4.78, 5) is 19.6. The Bertz CT molecular complexity index is 1040. The molecular weight excluding hydrogens is 577 g/mol. The molecule has 0 saturated carbocycles. The van der Waals surface area contributed by atoms with Gasteiger partial charge in [0.15, 0.2) is 4.75 Å². The summed E-state index contributed by atoms with van der Waals surface area (Å²) in [6, 6.07) is 0. The minimum absolute atomic E-state index is 0.216. The Labute approximate surface area is 252 Å². The molecular formula is C26H46N4O3S5. The highest BCUT2D eigenvalue weighted by atomic mass is 32.2. The van der Waals surface area contributed by atoms with Gasteiger partial charge in [0.25, 0.3) is 0 Å². The van der Waals surface area contributed by atoms with Crippen LogP contribution in [-0.4, -0.2) is 74.6 Å². The van der Waals surface area contributed by atoms with Crippen LogP contribution in [0.25, 0.3) is 0 Å². The number of primary amides is 1. The third kappa shape index (κ3) is 7.15. The van der Waals surface area contributed by atoms with Gasteiger partial charge in [0, 0.05) is 45.8 Å². The van der Waals surface area contributed by atoms with Gasteiger partial charge >= 0.3 is 0 Å². The molecule has 0 atom stereocenters. The molecule has 2 N–H and O–H groups in total. The average molecular weight is 623 g/mol. The third-order valence-electron chi connectivity index (χ3n) is 7.56. The lowest BCUT2D eigenvalue weighted by Gasteiger charge is -2.43. The number of hydrogen-bond donors (Lipinski definition) is 5. The number of amides is 1. The number of nitrogens with two attached hydrogens (primary N) is 1. The molecule has 2 saturated heterocycles. The second-order valence-electron chi connectivity index (χ2n) is 10.4. The summed E-state index contributed by atoms with van der Waals surface area (Å²) in [5.74, 6) is -0.0734. The van der Waals surface area contributed by atoms with Crippen LogP contribution in [0.1, 0.15) is 65.4 Å². The van der Waals surface area contributed by atoms with Crippen molar-refractivity contribution < 1.29 is 13.2 Å². The number of anilines is 1. The summed E-state index contributed by atoms with van der Waals surface area (Å²) in [5, 5.41) is 0. The molecule has 0 bridgehead atoms. The summed E-state index contributed by atoms with van der Waals surface area (Å²) < 4.78 is 27.2. The molecule has 0 spiro atoms. The monoisotopic (exact) mass is 622 g/mol. The number of carbonyl (C=O) groups excluding carboxylic acids is 1. The first-order chi connectivity index (χ1) is 17.8. The summed E-state index contributed by atoms with van der Waals surface area (Å²) in [5.41, 5.74) is 7.57. The van der Waals surface area contributed by atoms with E-state index in [1.165, 1.54) is 10.7 Å². The molecule has 0 radical (unpaired) electrons. The van der Waals surface area contributed by atoms with Crippen LogP contribution in [0.2, 0.25) is 0 Å². The Morgan fingerprint density at radius 3 is 1.84 bits per heavy atom. The van der Waals surface area contributed by atoms with Crippen molar-refractivity contribution in [3.8, 4) is 0 Å². The maximum Gasteiger partial charge on any atom is 0.240 e. The number of sulfonamides is 1. The van der Waals surface area contributed by atoms with Gasteiger partial charge in [0.2, 0.25) is 15.9 Å². The lowest BCUT2D eigenvalue weighted by atomic mass is 9.95. The van der Waals surface area contributed by atoms with E-state index >= 15 is 0 Å². The van der Waals surface area contributed by atoms with Crippen molar-refractivity contribution in [2.24, 2.45) is 11.7 Å². The van der Waals surface area contributed by atoms with Crippen molar-refractivity contribution in [1.29, 1.82) is 0 Å². The van der Waals surface area contributed by atoms with Crippen molar-refractivity contribution in [2.75, 3.05) is 51.2 Å². The molecule has 2 fully saturated rings. The van der Waals surface area contributed by atoms with Crippen molar-refractivity contribution in [3.05, 3.63) is 5.56 Å². The normalized spacial score (nSPS) is 18.8. The van der Waals surface area contributed by atoms with E-state index in [-0.39, 0.29) is 25.9 Å². The van der Waals surface area contributed by atoms with E-state index in [1.807, 2.05) is 25.8 Å². The molecule has 38 heavy (non-hydrogen) atoms. The van der Waals surface area contributed by atoms with Crippen LogP contribution >= 0.6 is 50.5 Å². The summed E-state index contributed by atoms with van der Waals surface area (Å²) in [7, 11) is -1.98. The van der Waals surface area contributed by atoms with E-state index in [9.17, 15) is 13.2 Å². The lowest BCUT2D eigenvalue weighted by molar-refractivity contribution is -0.121. The third-order valence-corrected chi connectivity index (χ3v) is 12.4. The fourth-order valence-corrected chi connectivity index (χ4v) is 8.84. The zero-order valence-electron chi connectivity index (χ0n) is 23.4. The summed E-state index contributed by atoms with van der Waals surface area (Å²) in [6.45, 7) is 10.9. The average Bonchev–Trinajstić information content (AvgIpc) is 2.89.